The molecule has 1 aliphatic rings. The minimum Gasteiger partial charge on any atom is -0.493 e. The number of hydrogen-bond donors (Lipinski definition) is 2. The van der Waals surface area contributed by atoms with Crippen LogP contribution >= 0.6 is 0 Å². The van der Waals surface area contributed by atoms with E-state index in [1.165, 1.54) is 19.2 Å². The fourth-order valence-electron chi connectivity index (χ4n) is 2.79. The Morgan fingerprint density at radius 1 is 1.20 bits per heavy atom. The molecule has 3 rings (SSSR count). The van der Waals surface area contributed by atoms with Gasteiger partial charge in [-0.25, -0.2) is 0 Å². The fraction of sp³-hybridized carbons (Fsp3) is 0.300. The van der Waals surface area contributed by atoms with Crippen molar-refractivity contribution >= 4 is 23.2 Å². The molecular weight excluding hydrogens is 405 g/mol. The second-order valence-electron chi connectivity index (χ2n) is 6.49. The van der Waals surface area contributed by atoms with Gasteiger partial charge in [0, 0.05) is 12.1 Å². The number of carbonyl (C=O) groups is 2. The van der Waals surface area contributed by atoms with Gasteiger partial charge in [-0.3, -0.25) is 9.59 Å². The van der Waals surface area contributed by atoms with Crippen molar-refractivity contribution in [3.8, 4) is 17.2 Å². The third kappa shape index (κ3) is 5.79. The van der Waals surface area contributed by atoms with Crippen LogP contribution in [0.2, 0.25) is 0 Å². The van der Waals surface area contributed by atoms with Crippen LogP contribution < -0.4 is 24.8 Å². The van der Waals surface area contributed by atoms with Crippen LogP contribution in [0.5, 0.6) is 17.2 Å². The Morgan fingerprint density at radius 3 is 2.73 bits per heavy atom. The van der Waals surface area contributed by atoms with Gasteiger partial charge in [0.1, 0.15) is 5.75 Å². The first-order valence-electron chi connectivity index (χ1n) is 8.96. The van der Waals surface area contributed by atoms with E-state index in [9.17, 15) is 22.8 Å². The van der Waals surface area contributed by atoms with Crippen molar-refractivity contribution in [1.29, 1.82) is 0 Å². The maximum Gasteiger partial charge on any atom is 0.422 e. The first-order chi connectivity index (χ1) is 14.2. The normalized spacial score (nSPS) is 13.0. The zero-order valence-electron chi connectivity index (χ0n) is 16.0. The minimum absolute atomic E-state index is 0.0265. The van der Waals surface area contributed by atoms with Crippen LogP contribution in [0, 0.1) is 0 Å². The molecule has 2 N–H and O–H groups in total. The number of alkyl halides is 3. The number of halogens is 3. The van der Waals surface area contributed by atoms with Crippen LogP contribution in [0.1, 0.15) is 12.0 Å². The van der Waals surface area contributed by atoms with E-state index in [0.29, 0.717) is 29.1 Å². The van der Waals surface area contributed by atoms with Gasteiger partial charge in [-0.1, -0.05) is 6.07 Å². The predicted octanol–water partition coefficient (Wildman–Crippen LogP) is 3.54. The number of amides is 2. The van der Waals surface area contributed by atoms with Gasteiger partial charge in [0.15, 0.2) is 24.7 Å². The van der Waals surface area contributed by atoms with Crippen LogP contribution in [0.15, 0.2) is 36.4 Å². The first kappa shape index (κ1) is 21.3. The Labute approximate surface area is 170 Å². The molecule has 1 aliphatic heterocycles. The lowest BCUT2D eigenvalue weighted by atomic mass is 10.1. The molecule has 0 saturated carbocycles. The van der Waals surface area contributed by atoms with Crippen molar-refractivity contribution in [2.45, 2.75) is 19.0 Å². The van der Waals surface area contributed by atoms with Gasteiger partial charge in [0.25, 0.3) is 5.91 Å². The molecule has 0 aromatic heterocycles. The minimum atomic E-state index is -4.45. The Balaban J connectivity index is 1.57. The third-order valence-electron chi connectivity index (χ3n) is 4.16. The monoisotopic (exact) mass is 424 g/mol. The molecule has 0 bridgehead atoms. The molecule has 0 unspecified atom stereocenters. The van der Waals surface area contributed by atoms with Crippen molar-refractivity contribution in [3.63, 3.8) is 0 Å². The maximum atomic E-state index is 12.3. The molecule has 10 heteroatoms. The smallest absolute Gasteiger partial charge is 0.422 e. The zero-order valence-corrected chi connectivity index (χ0v) is 16.0. The maximum absolute atomic E-state index is 12.3. The molecule has 0 radical (unpaired) electrons. The summed E-state index contributed by atoms with van der Waals surface area (Å²) in [5.74, 6) is 0.105. The highest BCUT2D eigenvalue weighted by Crippen LogP contribution is 2.31. The fourth-order valence-corrected chi connectivity index (χ4v) is 2.79. The molecule has 0 saturated heterocycles. The van der Waals surface area contributed by atoms with Gasteiger partial charge in [-0.05, 0) is 42.3 Å². The largest absolute Gasteiger partial charge is 0.493 e. The summed E-state index contributed by atoms with van der Waals surface area (Å²) in [5.41, 5.74) is 1.67. The number of anilines is 2. The van der Waals surface area contributed by atoms with Gasteiger partial charge in [-0.2, -0.15) is 13.2 Å². The molecule has 2 aromatic carbocycles. The first-order valence-corrected chi connectivity index (χ1v) is 8.96. The highest BCUT2D eigenvalue weighted by atomic mass is 19.4. The summed E-state index contributed by atoms with van der Waals surface area (Å²) >= 11 is 0. The number of ether oxygens (including phenoxy) is 3. The Morgan fingerprint density at radius 2 is 2.00 bits per heavy atom. The molecule has 160 valence electrons. The van der Waals surface area contributed by atoms with E-state index in [2.05, 4.69) is 10.6 Å². The number of methoxy groups -OCH3 is 1. The average molecular weight is 424 g/mol. The van der Waals surface area contributed by atoms with Crippen LogP contribution in [-0.2, 0) is 16.0 Å². The van der Waals surface area contributed by atoms with Crippen LogP contribution in [0.3, 0.4) is 0 Å². The van der Waals surface area contributed by atoms with E-state index >= 15 is 0 Å². The molecule has 0 atom stereocenters. The Hall–Kier alpha value is -3.43. The van der Waals surface area contributed by atoms with Crippen LogP contribution in [0.25, 0.3) is 0 Å². The zero-order chi connectivity index (χ0) is 21.7. The second-order valence-corrected chi connectivity index (χ2v) is 6.49. The molecule has 1 heterocycles. The molecule has 7 nitrogen and oxygen atoms in total. The lowest BCUT2D eigenvalue weighted by Gasteiger charge is -2.18. The number of fused-ring (bicyclic) bond motifs is 1. The Bertz CT molecular complexity index is 947. The van der Waals surface area contributed by atoms with E-state index in [1.54, 1.807) is 24.3 Å². The van der Waals surface area contributed by atoms with Gasteiger partial charge in [-0.15, -0.1) is 0 Å². The van der Waals surface area contributed by atoms with Crippen molar-refractivity contribution in [2.24, 2.45) is 0 Å². The lowest BCUT2D eigenvalue weighted by molar-refractivity contribution is -0.153. The summed E-state index contributed by atoms with van der Waals surface area (Å²) in [5, 5.41) is 5.38. The van der Waals surface area contributed by atoms with Gasteiger partial charge in [0.05, 0.1) is 12.8 Å². The topological polar surface area (TPSA) is 85.9 Å². The summed E-state index contributed by atoms with van der Waals surface area (Å²) in [7, 11) is 1.32. The summed E-state index contributed by atoms with van der Waals surface area (Å²) < 4.78 is 52.0. The molecule has 30 heavy (non-hydrogen) atoms. The number of hydrogen-bond acceptors (Lipinski definition) is 5. The summed E-state index contributed by atoms with van der Waals surface area (Å²) in [6.45, 7) is -1.47. The number of carbonyl (C=O) groups excluding carboxylic acids is 2. The van der Waals surface area contributed by atoms with E-state index in [0.717, 1.165) is 0 Å². The van der Waals surface area contributed by atoms with E-state index in [4.69, 9.17) is 14.2 Å². The lowest BCUT2D eigenvalue weighted by Crippen LogP contribution is -2.25. The van der Waals surface area contributed by atoms with E-state index in [-0.39, 0.29) is 36.3 Å². The highest BCUT2D eigenvalue weighted by molar-refractivity contribution is 5.97. The predicted molar refractivity (Wildman–Crippen MR) is 102 cm³/mol. The average Bonchev–Trinajstić information content (AvgIpc) is 2.70. The van der Waals surface area contributed by atoms with Crippen molar-refractivity contribution in [2.75, 3.05) is 31.0 Å². The Kier molecular flexibility index (Phi) is 6.34. The number of rotatable bonds is 7. The number of aryl methyl sites for hydroxylation is 1. The third-order valence-corrected chi connectivity index (χ3v) is 4.16. The summed E-state index contributed by atoms with van der Waals surface area (Å²) in [6, 6.07) is 9.39. The van der Waals surface area contributed by atoms with Crippen LogP contribution in [0.4, 0.5) is 24.5 Å². The van der Waals surface area contributed by atoms with E-state index < -0.39 is 12.8 Å². The van der Waals surface area contributed by atoms with Crippen molar-refractivity contribution in [3.05, 3.63) is 42.0 Å². The standard InChI is InChI=1S/C20H19F3N2O5/c1-28-17-8-12(2-5-16(17)30-11-20(21,22)23)3-7-18(26)24-13-4-6-15-14(9-13)25-19(27)10-29-15/h2,4-6,8-9H,3,7,10-11H2,1H3,(H,24,26)(H,25,27). The molecule has 0 spiro atoms. The number of nitrogens with one attached hydrogen (secondary N) is 2. The molecule has 2 amide bonds. The van der Waals surface area contributed by atoms with Crippen LogP contribution in [-0.4, -0.2) is 38.3 Å². The molecular formula is C20H19F3N2O5. The summed E-state index contributed by atoms with van der Waals surface area (Å²) in [6.07, 6.45) is -3.98. The second kappa shape index (κ2) is 8.93. The quantitative estimate of drug-likeness (QED) is 0.710. The van der Waals surface area contributed by atoms with Gasteiger partial charge >= 0.3 is 6.18 Å². The van der Waals surface area contributed by atoms with E-state index in [1.807, 2.05) is 0 Å². The number of benzene rings is 2. The van der Waals surface area contributed by atoms with Gasteiger partial charge < -0.3 is 24.8 Å². The molecule has 2 aromatic rings. The van der Waals surface area contributed by atoms with Gasteiger partial charge in [0.2, 0.25) is 5.91 Å². The summed E-state index contributed by atoms with van der Waals surface area (Å²) in [4.78, 5) is 23.6. The molecule has 0 aliphatic carbocycles. The SMILES string of the molecule is COc1cc(CCC(=O)Nc2ccc3c(c2)NC(=O)CO3)ccc1OCC(F)(F)F. The highest BCUT2D eigenvalue weighted by Gasteiger charge is 2.29. The molecule has 0 fully saturated rings. The van der Waals surface area contributed by atoms with Crippen molar-refractivity contribution in [1.82, 2.24) is 0 Å². The van der Waals surface area contributed by atoms with Crippen molar-refractivity contribution < 1.29 is 37.0 Å².